The summed E-state index contributed by atoms with van der Waals surface area (Å²) >= 11 is 0. The predicted molar refractivity (Wildman–Crippen MR) is 81.6 cm³/mol. The quantitative estimate of drug-likeness (QED) is 0.926. The third kappa shape index (κ3) is 2.29. The van der Waals surface area contributed by atoms with Gasteiger partial charge in [0.05, 0.1) is 0 Å². The average Bonchev–Trinajstić information content (AvgIpc) is 3.26. The molecule has 0 unspecified atom stereocenters. The number of rotatable bonds is 4. The highest BCUT2D eigenvalue weighted by Gasteiger charge is 2.42. The van der Waals surface area contributed by atoms with Crippen LogP contribution in [0.15, 0.2) is 42.5 Å². The van der Waals surface area contributed by atoms with Crippen molar-refractivity contribution >= 4 is 16.7 Å². The summed E-state index contributed by atoms with van der Waals surface area (Å²) in [5.41, 5.74) is 6.76. The Morgan fingerprint density at radius 2 is 1.90 bits per heavy atom. The zero-order valence-corrected chi connectivity index (χ0v) is 11.8. The van der Waals surface area contributed by atoms with E-state index in [2.05, 4.69) is 0 Å². The molecule has 0 aliphatic heterocycles. The van der Waals surface area contributed by atoms with Gasteiger partial charge in [0, 0.05) is 24.6 Å². The highest BCUT2D eigenvalue weighted by molar-refractivity contribution is 6.06. The standard InChI is InChI=1S/C17H20N2O/c1-19(12-17(11-18)9-10-17)16(20)15-8-4-6-13-5-2-3-7-14(13)15/h2-8H,9-12,18H2,1H3. The van der Waals surface area contributed by atoms with Crippen molar-refractivity contribution in [1.82, 2.24) is 4.90 Å². The van der Waals surface area contributed by atoms with Gasteiger partial charge in [-0.25, -0.2) is 0 Å². The minimum atomic E-state index is 0.0847. The number of nitrogens with zero attached hydrogens (tertiary/aromatic N) is 1. The molecular formula is C17H20N2O. The monoisotopic (exact) mass is 268 g/mol. The third-order valence-corrected chi connectivity index (χ3v) is 4.33. The first-order valence-electron chi connectivity index (χ1n) is 7.09. The molecule has 0 aromatic heterocycles. The van der Waals surface area contributed by atoms with E-state index in [1.54, 1.807) is 0 Å². The second kappa shape index (κ2) is 4.91. The molecule has 0 spiro atoms. The molecule has 1 saturated carbocycles. The molecule has 1 amide bonds. The average molecular weight is 268 g/mol. The smallest absolute Gasteiger partial charge is 0.254 e. The first-order chi connectivity index (χ1) is 9.65. The van der Waals surface area contributed by atoms with E-state index < -0.39 is 0 Å². The first-order valence-corrected chi connectivity index (χ1v) is 7.09. The molecule has 1 aliphatic carbocycles. The highest BCUT2D eigenvalue weighted by Crippen LogP contribution is 2.45. The highest BCUT2D eigenvalue weighted by atomic mass is 16.2. The first kappa shape index (κ1) is 13.1. The minimum absolute atomic E-state index is 0.0847. The fourth-order valence-electron chi connectivity index (χ4n) is 2.80. The van der Waals surface area contributed by atoms with Crippen molar-refractivity contribution in [2.45, 2.75) is 12.8 Å². The van der Waals surface area contributed by atoms with Crippen molar-refractivity contribution in [2.75, 3.05) is 20.1 Å². The zero-order chi connectivity index (χ0) is 14.2. The maximum absolute atomic E-state index is 12.7. The van der Waals surface area contributed by atoms with Crippen LogP contribution in [0.25, 0.3) is 10.8 Å². The summed E-state index contributed by atoms with van der Waals surface area (Å²) < 4.78 is 0. The lowest BCUT2D eigenvalue weighted by molar-refractivity contribution is 0.0768. The maximum Gasteiger partial charge on any atom is 0.254 e. The molecule has 2 aromatic rings. The van der Waals surface area contributed by atoms with Crippen molar-refractivity contribution in [3.05, 3.63) is 48.0 Å². The van der Waals surface area contributed by atoms with Crippen LogP contribution in [0.5, 0.6) is 0 Å². The number of hydrogen-bond donors (Lipinski definition) is 1. The van der Waals surface area contributed by atoms with E-state index in [4.69, 9.17) is 5.73 Å². The van der Waals surface area contributed by atoms with Crippen molar-refractivity contribution in [1.29, 1.82) is 0 Å². The lowest BCUT2D eigenvalue weighted by Gasteiger charge is -2.23. The van der Waals surface area contributed by atoms with E-state index in [0.717, 1.165) is 35.7 Å². The largest absolute Gasteiger partial charge is 0.341 e. The minimum Gasteiger partial charge on any atom is -0.341 e. The van der Waals surface area contributed by atoms with E-state index in [-0.39, 0.29) is 11.3 Å². The van der Waals surface area contributed by atoms with Gasteiger partial charge in [-0.05, 0) is 36.2 Å². The van der Waals surface area contributed by atoms with Crippen molar-refractivity contribution < 1.29 is 4.79 Å². The second-order valence-electron chi connectivity index (χ2n) is 5.89. The molecule has 0 bridgehead atoms. The van der Waals surface area contributed by atoms with Crippen LogP contribution in [0.4, 0.5) is 0 Å². The summed E-state index contributed by atoms with van der Waals surface area (Å²) in [5.74, 6) is 0.0847. The number of fused-ring (bicyclic) bond motifs is 1. The van der Waals surface area contributed by atoms with Crippen LogP contribution in [0.1, 0.15) is 23.2 Å². The lowest BCUT2D eigenvalue weighted by Crippen LogP contribution is -2.35. The van der Waals surface area contributed by atoms with Gasteiger partial charge in [-0.15, -0.1) is 0 Å². The SMILES string of the molecule is CN(CC1(CN)CC1)C(=O)c1cccc2ccccc12. The molecule has 0 saturated heterocycles. The van der Waals surface area contributed by atoms with Gasteiger partial charge in [0.25, 0.3) is 5.91 Å². The van der Waals surface area contributed by atoms with E-state index in [1.807, 2.05) is 54.4 Å². The Labute approximate surface area is 119 Å². The Kier molecular flexibility index (Phi) is 3.22. The molecule has 2 aromatic carbocycles. The topological polar surface area (TPSA) is 46.3 Å². The fourth-order valence-corrected chi connectivity index (χ4v) is 2.80. The van der Waals surface area contributed by atoms with Crippen LogP contribution in [-0.2, 0) is 0 Å². The number of nitrogens with two attached hydrogens (primary N) is 1. The maximum atomic E-state index is 12.7. The Balaban J connectivity index is 1.88. The summed E-state index contributed by atoms with van der Waals surface area (Å²) in [4.78, 5) is 14.5. The molecule has 1 fully saturated rings. The molecule has 0 radical (unpaired) electrons. The molecule has 3 heteroatoms. The summed E-state index contributed by atoms with van der Waals surface area (Å²) in [6, 6.07) is 13.9. The molecule has 20 heavy (non-hydrogen) atoms. The van der Waals surface area contributed by atoms with Crippen LogP contribution < -0.4 is 5.73 Å². The van der Waals surface area contributed by atoms with E-state index in [1.165, 1.54) is 0 Å². The van der Waals surface area contributed by atoms with Gasteiger partial charge in [0.1, 0.15) is 0 Å². The Morgan fingerprint density at radius 3 is 2.60 bits per heavy atom. The van der Waals surface area contributed by atoms with Gasteiger partial charge in [-0.2, -0.15) is 0 Å². The number of benzene rings is 2. The van der Waals surface area contributed by atoms with E-state index in [0.29, 0.717) is 6.54 Å². The molecule has 0 heterocycles. The van der Waals surface area contributed by atoms with Crippen LogP contribution in [-0.4, -0.2) is 30.9 Å². The van der Waals surface area contributed by atoms with Gasteiger partial charge in [-0.3, -0.25) is 4.79 Å². The van der Waals surface area contributed by atoms with Gasteiger partial charge in [-0.1, -0.05) is 36.4 Å². The fraction of sp³-hybridized carbons (Fsp3) is 0.353. The summed E-state index contributed by atoms with van der Waals surface area (Å²) in [7, 11) is 1.87. The van der Waals surface area contributed by atoms with E-state index >= 15 is 0 Å². The number of carbonyl (C=O) groups excluding carboxylic acids is 1. The summed E-state index contributed by atoms with van der Waals surface area (Å²) in [6.45, 7) is 1.42. The van der Waals surface area contributed by atoms with Crippen LogP contribution in [0.2, 0.25) is 0 Å². The van der Waals surface area contributed by atoms with Gasteiger partial charge < -0.3 is 10.6 Å². The molecule has 2 N–H and O–H groups in total. The van der Waals surface area contributed by atoms with Crippen LogP contribution in [0.3, 0.4) is 0 Å². The number of amides is 1. The summed E-state index contributed by atoms with van der Waals surface area (Å²) in [5, 5.41) is 2.12. The van der Waals surface area contributed by atoms with Gasteiger partial charge in [0.2, 0.25) is 0 Å². The van der Waals surface area contributed by atoms with Gasteiger partial charge >= 0.3 is 0 Å². The number of hydrogen-bond acceptors (Lipinski definition) is 2. The van der Waals surface area contributed by atoms with Crippen LogP contribution in [0, 0.1) is 5.41 Å². The van der Waals surface area contributed by atoms with Crippen LogP contribution >= 0.6 is 0 Å². The van der Waals surface area contributed by atoms with E-state index in [9.17, 15) is 4.79 Å². The molecule has 1 aliphatic rings. The molecule has 3 rings (SSSR count). The Hall–Kier alpha value is -1.87. The second-order valence-corrected chi connectivity index (χ2v) is 5.89. The summed E-state index contributed by atoms with van der Waals surface area (Å²) in [6.07, 6.45) is 2.27. The van der Waals surface area contributed by atoms with Gasteiger partial charge in [0.15, 0.2) is 0 Å². The predicted octanol–water partition coefficient (Wildman–Crippen LogP) is 2.65. The third-order valence-electron chi connectivity index (χ3n) is 4.33. The molecule has 104 valence electrons. The zero-order valence-electron chi connectivity index (χ0n) is 11.8. The number of carbonyl (C=O) groups is 1. The normalized spacial score (nSPS) is 16.1. The molecular weight excluding hydrogens is 248 g/mol. The molecule has 3 nitrogen and oxygen atoms in total. The molecule has 0 atom stereocenters. The van der Waals surface area contributed by atoms with Crippen molar-refractivity contribution in [3.8, 4) is 0 Å². The lowest BCUT2D eigenvalue weighted by atomic mass is 10.0. The Bertz CT molecular complexity index is 641. The Morgan fingerprint density at radius 1 is 1.20 bits per heavy atom. The van der Waals surface area contributed by atoms with Crippen molar-refractivity contribution in [2.24, 2.45) is 11.1 Å². The van der Waals surface area contributed by atoms with Crippen molar-refractivity contribution in [3.63, 3.8) is 0 Å².